The molecule has 3 heterocycles. The van der Waals surface area contributed by atoms with Crippen LogP contribution >= 0.6 is 15.9 Å². The summed E-state index contributed by atoms with van der Waals surface area (Å²) >= 11 is 3.31. The number of esters is 1. The van der Waals surface area contributed by atoms with E-state index in [9.17, 15) is 4.79 Å². The van der Waals surface area contributed by atoms with E-state index in [0.717, 1.165) is 77.8 Å². The standard InChI is InChI=1S/C41H42O5.C35H36O5.C34H34O6.C8H20OSi.C6H5Br.C2H6O.2C2H6/c1-6-16-32(17-7-1)26-37-39(43-28-34-20-10-3-11-21-34)41(45-30-36-24-14-5-15-25-36)40(44-29-35-22-12-4-13-23-35)38(46-37)31-42-27-33-18-8-2-9-19-33;1-27-33(37-23-29-16-8-3-9-17-29)35(39-25-31-20-12-5-13-21-31)34(38-24-30-18-10-4-11-19-30)32(40-27)26-36-22-28-14-6-2-7-15-28;35-34-33(39-24-29-19-11-4-12-20-29)32(38-23-28-17-9-3-10-18-28)31(37-22-27-15-7-2-8-16-27)30(40-34)25-36-21-26-13-5-1-6-14-26;1-7-9-10(5,6)8(2,3)4;7-6-4-2-1-3-5-6;1-2-3;2*1-2/h1-25,37-41H,26-31H2;2-21,32-35H,1,22-26H2;1-20,30-33H,21-25H2;7H2,1-6H3;1-5H;3H,2H2,1H3;2*1-2H3/t37-,38+,39-,40+,41+;32-,33+,34-,35-;30-,31-,32+,33-;;;;;/m011...../s1. The summed E-state index contributed by atoms with van der Waals surface area (Å²) in [6.45, 7) is 34.0. The summed E-state index contributed by atoms with van der Waals surface area (Å²) in [5.74, 6) is 0.0312. The summed E-state index contributed by atoms with van der Waals surface area (Å²) in [6.07, 6.45) is -6.04. The van der Waals surface area contributed by atoms with Crippen LogP contribution in [-0.4, -0.2) is 132 Å². The molecule has 0 aromatic heterocycles. The third-order valence-electron chi connectivity index (χ3n) is 24.9. The van der Waals surface area contributed by atoms with Crippen LogP contribution in [0.3, 0.4) is 0 Å². The van der Waals surface area contributed by atoms with Crippen LogP contribution in [0, 0.1) is 0 Å². The average Bonchev–Trinajstić information content (AvgIpc) is 0.788. The molecule has 0 amide bonds. The zero-order valence-corrected chi connectivity index (χ0v) is 91.7. The van der Waals surface area contributed by atoms with Crippen molar-refractivity contribution in [2.75, 3.05) is 33.0 Å². The molecule has 3 aliphatic rings. The maximum atomic E-state index is 13.4. The van der Waals surface area contributed by atoms with Crippen LogP contribution in [0.2, 0.25) is 18.1 Å². The molecule has 1 N–H and O–H groups in total. The van der Waals surface area contributed by atoms with Gasteiger partial charge in [0.15, 0.2) is 26.6 Å². The number of rotatable bonds is 43. The van der Waals surface area contributed by atoms with Gasteiger partial charge in [-0.3, -0.25) is 0 Å². The first-order valence-corrected chi connectivity index (χ1v) is 56.1. The van der Waals surface area contributed by atoms with Gasteiger partial charge in [-0.2, -0.15) is 0 Å². The highest BCUT2D eigenvalue weighted by Gasteiger charge is 2.51. The predicted octanol–water partition coefficient (Wildman–Crippen LogP) is 28.3. The number of carbonyl (C=O) groups is 1. The Kier molecular flexibility index (Phi) is 55.7. The first-order chi connectivity index (χ1) is 73.5. The fraction of sp³-hybridized carbons (Fsp3) is 0.331. The molecule has 20 heteroatoms. The van der Waals surface area contributed by atoms with Gasteiger partial charge in [-0.05, 0) is 116 Å². The number of hydrogen-bond donors (Lipinski definition) is 1. The molecule has 0 unspecified atom stereocenters. The molecule has 17 rings (SSSR count). The lowest BCUT2D eigenvalue weighted by atomic mass is 9.90. The Bertz CT molecular complexity index is 5570. The molecule has 18 nitrogen and oxygen atoms in total. The number of aliphatic hydroxyl groups is 1. The Morgan fingerprint density at radius 2 is 0.487 bits per heavy atom. The van der Waals surface area contributed by atoms with Crippen molar-refractivity contribution in [2.45, 2.75) is 246 Å². The van der Waals surface area contributed by atoms with Crippen molar-refractivity contribution >= 4 is 30.2 Å². The van der Waals surface area contributed by atoms with Crippen molar-refractivity contribution in [3.8, 4) is 0 Å². The molecule has 0 spiro atoms. The minimum atomic E-state index is -1.40. The number of ether oxygens (including phenoxy) is 15. The second-order valence-electron chi connectivity index (χ2n) is 37.1. The van der Waals surface area contributed by atoms with Crippen LogP contribution in [0.1, 0.15) is 135 Å². The molecule has 150 heavy (non-hydrogen) atoms. The quantitative estimate of drug-likeness (QED) is 0.0281. The zero-order chi connectivity index (χ0) is 106. The highest BCUT2D eigenvalue weighted by atomic mass is 79.9. The van der Waals surface area contributed by atoms with Gasteiger partial charge in [0.05, 0.1) is 105 Å². The first kappa shape index (κ1) is 120. The minimum absolute atomic E-state index is 0.163. The van der Waals surface area contributed by atoms with Gasteiger partial charge in [-0.1, -0.05) is 483 Å². The Hall–Kier alpha value is -11.8. The normalized spacial score (nSPS) is 19.0. The number of benzene rings is 14. The molecular formula is C130H155BrO18Si. The van der Waals surface area contributed by atoms with Crippen LogP contribution in [0.15, 0.2) is 441 Å². The number of halogens is 1. The molecule has 3 fully saturated rings. The van der Waals surface area contributed by atoms with Crippen molar-refractivity contribution in [1.29, 1.82) is 0 Å². The molecule has 794 valence electrons. The molecule has 0 aliphatic carbocycles. The lowest BCUT2D eigenvalue weighted by Crippen LogP contribution is -2.61. The average molecular weight is 2110 g/mol. The molecule has 0 saturated carbocycles. The lowest BCUT2D eigenvalue weighted by Gasteiger charge is -2.46. The van der Waals surface area contributed by atoms with E-state index < -0.39 is 81.4 Å². The van der Waals surface area contributed by atoms with E-state index >= 15 is 0 Å². The Balaban J connectivity index is 0.000000207. The summed E-state index contributed by atoms with van der Waals surface area (Å²) < 4.78 is 104. The van der Waals surface area contributed by atoms with Crippen LogP contribution < -0.4 is 0 Å². The van der Waals surface area contributed by atoms with E-state index in [0.29, 0.717) is 103 Å². The van der Waals surface area contributed by atoms with Crippen molar-refractivity contribution in [3.63, 3.8) is 0 Å². The van der Waals surface area contributed by atoms with E-state index in [1.54, 1.807) is 6.92 Å². The summed E-state index contributed by atoms with van der Waals surface area (Å²) in [6, 6.07) is 141. The molecule has 3 aliphatic heterocycles. The summed E-state index contributed by atoms with van der Waals surface area (Å²) in [7, 11) is -1.40. The monoisotopic (exact) mass is 2110 g/mol. The number of carbonyl (C=O) groups excluding carboxylic acids is 1. The number of aliphatic hydroxyl groups excluding tert-OH is 1. The first-order valence-electron chi connectivity index (χ1n) is 52.4. The van der Waals surface area contributed by atoms with Gasteiger partial charge >= 0.3 is 5.97 Å². The van der Waals surface area contributed by atoms with Crippen LogP contribution in [0.25, 0.3) is 0 Å². The van der Waals surface area contributed by atoms with Gasteiger partial charge < -0.3 is 80.6 Å². The summed E-state index contributed by atoms with van der Waals surface area (Å²) in [5.41, 5.74) is 13.8. The van der Waals surface area contributed by atoms with Gasteiger partial charge in [-0.15, -0.1) is 0 Å². The van der Waals surface area contributed by atoms with Crippen LogP contribution in [-0.2, 0) is 166 Å². The third-order valence-corrected chi connectivity index (χ3v) is 30.0. The molecule has 3 saturated heterocycles. The number of cyclic esters (lactones) is 1. The largest absolute Gasteiger partial charge is 0.487 e. The maximum Gasteiger partial charge on any atom is 0.338 e. The van der Waals surface area contributed by atoms with Crippen LogP contribution in [0.4, 0.5) is 0 Å². The van der Waals surface area contributed by atoms with Crippen molar-refractivity contribution in [1.82, 2.24) is 0 Å². The fourth-order valence-corrected chi connectivity index (χ4v) is 17.7. The molecule has 13 atom stereocenters. The van der Waals surface area contributed by atoms with Gasteiger partial charge in [0.2, 0.25) is 0 Å². The Morgan fingerprint density at radius 1 is 0.280 bits per heavy atom. The Morgan fingerprint density at radius 3 is 0.740 bits per heavy atom. The third kappa shape index (κ3) is 43.1. The second-order valence-corrected chi connectivity index (χ2v) is 42.8. The van der Waals surface area contributed by atoms with E-state index in [2.05, 4.69) is 136 Å². The van der Waals surface area contributed by atoms with Crippen molar-refractivity contribution < 1.29 is 85.4 Å². The predicted molar refractivity (Wildman–Crippen MR) is 605 cm³/mol. The molecule has 14 aromatic carbocycles. The summed E-state index contributed by atoms with van der Waals surface area (Å²) in [4.78, 5) is 13.4. The van der Waals surface area contributed by atoms with Gasteiger partial charge in [-0.25, -0.2) is 4.79 Å². The maximum absolute atomic E-state index is 13.4. The van der Waals surface area contributed by atoms with E-state index in [-0.39, 0.29) is 32.0 Å². The molecule has 0 bridgehead atoms. The van der Waals surface area contributed by atoms with E-state index in [1.165, 1.54) is 5.56 Å². The topological polar surface area (TPSA) is 185 Å². The van der Waals surface area contributed by atoms with Gasteiger partial charge in [0, 0.05) is 24.1 Å². The van der Waals surface area contributed by atoms with Crippen molar-refractivity contribution in [3.05, 3.63) is 514 Å². The molecular weight excluding hydrogens is 1960 g/mol. The van der Waals surface area contributed by atoms with Gasteiger partial charge in [0.25, 0.3) is 0 Å². The zero-order valence-electron chi connectivity index (χ0n) is 89.1. The lowest BCUT2D eigenvalue weighted by molar-refractivity contribution is -0.272. The molecule has 14 aromatic rings. The van der Waals surface area contributed by atoms with Crippen molar-refractivity contribution in [2.24, 2.45) is 0 Å². The highest BCUT2D eigenvalue weighted by Crippen LogP contribution is 2.39. The smallest absolute Gasteiger partial charge is 0.338 e. The SMILES string of the molecule is Brc1ccccc1.C=C1O[C@H](COCc2ccccc2)[C@@H](OCc2ccccc2)[C@H](OCc2ccccc2)[C@H]1OCc1ccccc1.CC.CC.CCO.CCO[Si](C)(C)C(C)(C)C.O=C1O[C@H](COCc2ccccc2)[C@@H](OCc2ccccc2)[C@H](OCc2ccccc2)[C@H]1OCc1ccccc1.c1ccc(COC[C@H]2O[C@@H](Cc3ccccc3)[C@H](OCc3ccccc3)[C@@H](OCc3ccccc3)[C@@H]2OCc2ccccc2)cc1. The number of hydrogen-bond acceptors (Lipinski definition) is 18. The minimum Gasteiger partial charge on any atom is -0.487 e. The molecule has 0 radical (unpaired) electrons. The van der Waals surface area contributed by atoms with Gasteiger partial charge in [0.1, 0.15) is 60.7 Å². The summed E-state index contributed by atoms with van der Waals surface area (Å²) in [5, 5.41) is 7.93. The fourth-order valence-electron chi connectivity index (χ4n) is 16.3. The van der Waals surface area contributed by atoms with Crippen LogP contribution in [0.5, 0.6) is 0 Å². The van der Waals surface area contributed by atoms with E-state index in [4.69, 9.17) is 80.6 Å². The highest BCUT2D eigenvalue weighted by molar-refractivity contribution is 9.10. The van der Waals surface area contributed by atoms with E-state index in [1.807, 2.05) is 380 Å². The Labute approximate surface area is 901 Å². The second kappa shape index (κ2) is 69.6.